The summed E-state index contributed by atoms with van der Waals surface area (Å²) >= 11 is 0. The Kier molecular flexibility index (Phi) is 4.26. The van der Waals surface area contributed by atoms with E-state index >= 15 is 0 Å². The molecule has 1 saturated heterocycles. The molecule has 2 aliphatic rings. The number of ether oxygens (including phenoxy) is 2. The number of likely N-dealkylation sites (tertiary alicyclic amines) is 1. The molecular weight excluding hydrogens is 306 g/mol. The number of aromatic nitrogens is 1. The fraction of sp³-hybridized carbons (Fsp3) is 0.500. The number of hydrogen-bond donors (Lipinski definition) is 2. The van der Waals surface area contributed by atoms with Gasteiger partial charge in [0.25, 0.3) is 0 Å². The Balaban J connectivity index is 1.58. The van der Waals surface area contributed by atoms with E-state index in [1.807, 2.05) is 24.4 Å². The Labute approximate surface area is 141 Å². The summed E-state index contributed by atoms with van der Waals surface area (Å²) in [5.41, 5.74) is 7.85. The smallest absolute Gasteiger partial charge is 0.171 e. The van der Waals surface area contributed by atoms with Crippen LogP contribution in [-0.4, -0.2) is 60.5 Å². The highest BCUT2D eigenvalue weighted by molar-refractivity contribution is 5.91. The van der Waals surface area contributed by atoms with Crippen LogP contribution in [-0.2, 0) is 6.42 Å². The topological polar surface area (TPSA) is 80.8 Å². The molecule has 128 valence electrons. The summed E-state index contributed by atoms with van der Waals surface area (Å²) in [7, 11) is 0. The quantitative estimate of drug-likeness (QED) is 0.864. The predicted molar refractivity (Wildman–Crippen MR) is 91.4 cm³/mol. The minimum Gasteiger partial charge on any atom is -0.486 e. The van der Waals surface area contributed by atoms with Gasteiger partial charge in [0.2, 0.25) is 0 Å². The van der Waals surface area contributed by atoms with Crippen molar-refractivity contribution >= 4 is 10.9 Å². The average Bonchev–Trinajstić information content (AvgIpc) is 2.99. The lowest BCUT2D eigenvalue weighted by Crippen LogP contribution is -2.26. The third-order valence-electron chi connectivity index (χ3n) is 4.98. The van der Waals surface area contributed by atoms with Crippen LogP contribution >= 0.6 is 0 Å². The van der Waals surface area contributed by atoms with Crippen LogP contribution in [0.3, 0.4) is 0 Å². The third kappa shape index (κ3) is 2.81. The van der Waals surface area contributed by atoms with Gasteiger partial charge in [-0.1, -0.05) is 0 Å². The van der Waals surface area contributed by atoms with Crippen molar-refractivity contribution in [1.29, 1.82) is 0 Å². The van der Waals surface area contributed by atoms with Crippen LogP contribution in [0.4, 0.5) is 0 Å². The largest absolute Gasteiger partial charge is 0.486 e. The fourth-order valence-corrected chi connectivity index (χ4v) is 3.66. The van der Waals surface area contributed by atoms with Gasteiger partial charge in [-0.3, -0.25) is 4.98 Å². The van der Waals surface area contributed by atoms with E-state index in [4.69, 9.17) is 15.2 Å². The number of rotatable bonds is 4. The van der Waals surface area contributed by atoms with E-state index in [-0.39, 0.29) is 12.0 Å². The first kappa shape index (κ1) is 15.6. The summed E-state index contributed by atoms with van der Waals surface area (Å²) in [6.45, 7) is 4.13. The van der Waals surface area contributed by atoms with E-state index < -0.39 is 0 Å². The van der Waals surface area contributed by atoms with E-state index in [0.717, 1.165) is 41.9 Å². The van der Waals surface area contributed by atoms with Crippen molar-refractivity contribution in [3.05, 3.63) is 30.0 Å². The van der Waals surface area contributed by atoms with Gasteiger partial charge in [-0.05, 0) is 36.7 Å². The zero-order chi connectivity index (χ0) is 16.5. The first-order chi connectivity index (χ1) is 11.8. The molecule has 3 heterocycles. The van der Waals surface area contributed by atoms with Gasteiger partial charge < -0.3 is 25.2 Å². The fourth-order valence-electron chi connectivity index (χ4n) is 3.66. The van der Waals surface area contributed by atoms with Gasteiger partial charge in [0.05, 0.1) is 11.6 Å². The summed E-state index contributed by atoms with van der Waals surface area (Å²) < 4.78 is 11.6. The van der Waals surface area contributed by atoms with Crippen LogP contribution in [0.25, 0.3) is 10.9 Å². The lowest BCUT2D eigenvalue weighted by atomic mass is 10.0. The maximum atomic E-state index is 10.0. The van der Waals surface area contributed by atoms with Crippen LogP contribution in [0.5, 0.6) is 11.5 Å². The first-order valence-electron chi connectivity index (χ1n) is 8.53. The van der Waals surface area contributed by atoms with Crippen molar-refractivity contribution < 1.29 is 14.6 Å². The van der Waals surface area contributed by atoms with E-state index in [0.29, 0.717) is 26.3 Å². The predicted octanol–water partition coefficient (Wildman–Crippen LogP) is 0.800. The number of fused-ring (bicyclic) bond motifs is 3. The van der Waals surface area contributed by atoms with Gasteiger partial charge in [-0.15, -0.1) is 0 Å². The summed E-state index contributed by atoms with van der Waals surface area (Å²) in [5.74, 6) is 1.79. The van der Waals surface area contributed by atoms with E-state index in [1.54, 1.807) is 0 Å². The highest BCUT2D eigenvalue weighted by Crippen LogP contribution is 2.38. The molecule has 0 bridgehead atoms. The van der Waals surface area contributed by atoms with Gasteiger partial charge in [0.15, 0.2) is 11.5 Å². The van der Waals surface area contributed by atoms with Gasteiger partial charge in [0.1, 0.15) is 13.2 Å². The zero-order valence-corrected chi connectivity index (χ0v) is 13.6. The Hall–Kier alpha value is -1.89. The number of hydrogen-bond acceptors (Lipinski definition) is 6. The number of aliphatic hydroxyl groups excluding tert-OH is 1. The van der Waals surface area contributed by atoms with E-state index in [1.165, 1.54) is 5.56 Å². The Bertz CT molecular complexity index is 737. The molecule has 1 aromatic carbocycles. The monoisotopic (exact) mass is 329 g/mol. The van der Waals surface area contributed by atoms with Crippen LogP contribution in [0.15, 0.2) is 24.4 Å². The number of benzene rings is 1. The summed E-state index contributed by atoms with van der Waals surface area (Å²) in [6.07, 6.45) is 2.41. The molecule has 2 atom stereocenters. The molecule has 0 unspecified atom stereocenters. The van der Waals surface area contributed by atoms with Crippen LogP contribution in [0.2, 0.25) is 0 Å². The number of pyridine rings is 1. The van der Waals surface area contributed by atoms with Crippen molar-refractivity contribution in [1.82, 2.24) is 9.88 Å². The normalized spacial score (nSPS) is 23.8. The Morgan fingerprint density at radius 3 is 2.92 bits per heavy atom. The molecule has 0 aliphatic carbocycles. The maximum Gasteiger partial charge on any atom is 0.171 e. The minimum absolute atomic E-state index is 0.184. The molecule has 0 radical (unpaired) electrons. The third-order valence-corrected chi connectivity index (χ3v) is 4.98. The summed E-state index contributed by atoms with van der Waals surface area (Å²) in [5, 5.41) is 11.1. The van der Waals surface area contributed by atoms with Crippen LogP contribution < -0.4 is 15.2 Å². The molecule has 6 heteroatoms. The van der Waals surface area contributed by atoms with Crippen molar-refractivity contribution in [3.63, 3.8) is 0 Å². The first-order valence-corrected chi connectivity index (χ1v) is 8.53. The average molecular weight is 329 g/mol. The van der Waals surface area contributed by atoms with Crippen LogP contribution in [0.1, 0.15) is 5.56 Å². The maximum absolute atomic E-state index is 10.0. The molecule has 1 fully saturated rings. The van der Waals surface area contributed by atoms with Crippen molar-refractivity contribution in [2.45, 2.75) is 12.5 Å². The summed E-state index contributed by atoms with van der Waals surface area (Å²) in [4.78, 5) is 6.74. The Morgan fingerprint density at radius 1 is 1.21 bits per heavy atom. The van der Waals surface area contributed by atoms with Gasteiger partial charge in [0, 0.05) is 37.1 Å². The molecule has 2 aromatic rings. The molecular formula is C18H23N3O3. The van der Waals surface area contributed by atoms with Crippen molar-refractivity contribution in [2.24, 2.45) is 11.7 Å². The second kappa shape index (κ2) is 6.55. The summed E-state index contributed by atoms with van der Waals surface area (Å²) in [6, 6.07) is 5.96. The second-order valence-corrected chi connectivity index (χ2v) is 6.53. The van der Waals surface area contributed by atoms with E-state index in [9.17, 15) is 5.11 Å². The van der Waals surface area contributed by atoms with Crippen LogP contribution in [0, 0.1) is 5.92 Å². The molecule has 24 heavy (non-hydrogen) atoms. The number of nitrogens with two attached hydrogens (primary N) is 1. The molecule has 1 aromatic heterocycles. The minimum atomic E-state index is -0.311. The molecule has 6 nitrogen and oxygen atoms in total. The van der Waals surface area contributed by atoms with Gasteiger partial charge >= 0.3 is 0 Å². The lowest BCUT2D eigenvalue weighted by Gasteiger charge is -2.21. The molecule has 2 aliphatic heterocycles. The molecule has 4 rings (SSSR count). The van der Waals surface area contributed by atoms with Crippen molar-refractivity contribution in [3.8, 4) is 11.5 Å². The van der Waals surface area contributed by atoms with E-state index in [2.05, 4.69) is 9.88 Å². The second-order valence-electron chi connectivity index (χ2n) is 6.53. The SMILES string of the molecule is NC[C@H]1CN(CCc2ccnc3ccc4c(c23)OCCO4)C[C@H]1O. The van der Waals surface area contributed by atoms with Crippen molar-refractivity contribution in [2.75, 3.05) is 39.4 Å². The molecule has 3 N–H and O–H groups in total. The molecule has 0 amide bonds. The zero-order valence-electron chi connectivity index (χ0n) is 13.6. The highest BCUT2D eigenvalue weighted by Gasteiger charge is 2.30. The number of β-amino-alcohol motifs (C(OH)–C–C–N with tert-alkyl or cyclic N) is 1. The van der Waals surface area contributed by atoms with Gasteiger partial charge in [-0.2, -0.15) is 0 Å². The lowest BCUT2D eigenvalue weighted by molar-refractivity contribution is 0.144. The molecule has 0 spiro atoms. The Morgan fingerprint density at radius 2 is 2.08 bits per heavy atom. The standard InChI is InChI=1S/C18H23N3O3/c19-9-13-10-21(11-15(13)22)6-4-12-3-5-20-14-1-2-16-18(17(12)14)24-8-7-23-16/h1-3,5,13,15,22H,4,6-11,19H2/t13-,15+/m0/s1. The number of nitrogens with zero attached hydrogens (tertiary/aromatic N) is 2. The molecule has 0 saturated carbocycles. The highest BCUT2D eigenvalue weighted by atomic mass is 16.6. The van der Waals surface area contributed by atoms with Gasteiger partial charge in [-0.25, -0.2) is 0 Å². The number of aliphatic hydroxyl groups is 1.